The summed E-state index contributed by atoms with van der Waals surface area (Å²) < 4.78 is 0. The van der Waals surface area contributed by atoms with Crippen molar-refractivity contribution in [2.24, 2.45) is 11.8 Å². The Kier molecular flexibility index (Phi) is 7.67. The first-order valence-corrected chi connectivity index (χ1v) is 16.3. The molecule has 0 bridgehead atoms. The Balaban J connectivity index is 1.56. The van der Waals surface area contributed by atoms with Gasteiger partial charge in [-0.2, -0.15) is 0 Å². The molecule has 5 aromatic rings. The van der Waals surface area contributed by atoms with Gasteiger partial charge in [0.25, 0.3) is 0 Å². The van der Waals surface area contributed by atoms with E-state index in [9.17, 15) is 0 Å². The van der Waals surface area contributed by atoms with Gasteiger partial charge in [-0.1, -0.05) is 134 Å². The third-order valence-electron chi connectivity index (χ3n) is 9.63. The molecule has 2 aliphatic rings. The molecule has 224 valence electrons. The summed E-state index contributed by atoms with van der Waals surface area (Å²) in [6.45, 7) is 11.2. The van der Waals surface area contributed by atoms with Gasteiger partial charge in [0.15, 0.2) is 0 Å². The first kappa shape index (κ1) is 28.9. The van der Waals surface area contributed by atoms with Gasteiger partial charge >= 0.3 is 0 Å². The zero-order chi connectivity index (χ0) is 31.1. The normalized spacial score (nSPS) is 19.4. The van der Waals surface area contributed by atoms with Crippen LogP contribution in [0.2, 0.25) is 0 Å². The molecule has 0 aromatic heterocycles. The maximum absolute atomic E-state index is 2.62. The summed E-state index contributed by atoms with van der Waals surface area (Å²) in [6.07, 6.45) is 15.3. The largest absolute Gasteiger partial charge is 0.333 e. The van der Waals surface area contributed by atoms with Crippen LogP contribution in [0.15, 0.2) is 145 Å². The van der Waals surface area contributed by atoms with Crippen LogP contribution in [0.4, 0.5) is 22.7 Å². The number of hydrogen-bond acceptors (Lipinski definition) is 2. The number of benzene rings is 5. The van der Waals surface area contributed by atoms with E-state index in [0.717, 1.165) is 17.8 Å². The van der Waals surface area contributed by atoms with Crippen LogP contribution in [-0.4, -0.2) is 6.04 Å². The molecule has 0 radical (unpaired) electrons. The van der Waals surface area contributed by atoms with Crippen molar-refractivity contribution in [2.45, 2.75) is 47.1 Å². The van der Waals surface area contributed by atoms with Crippen LogP contribution in [0.25, 0.3) is 21.5 Å². The summed E-state index contributed by atoms with van der Waals surface area (Å²) in [7, 11) is 0. The minimum atomic E-state index is 0.216. The van der Waals surface area contributed by atoms with E-state index in [-0.39, 0.29) is 6.04 Å². The van der Waals surface area contributed by atoms with Gasteiger partial charge in [0.2, 0.25) is 0 Å². The van der Waals surface area contributed by atoms with Crippen molar-refractivity contribution >= 4 is 44.3 Å². The Morgan fingerprint density at radius 1 is 0.556 bits per heavy atom. The molecule has 0 N–H and O–H groups in total. The Morgan fingerprint density at radius 2 is 1.07 bits per heavy atom. The summed E-state index contributed by atoms with van der Waals surface area (Å²) in [6, 6.07) is 36.1. The van der Waals surface area contributed by atoms with E-state index in [0.29, 0.717) is 11.8 Å². The van der Waals surface area contributed by atoms with E-state index in [2.05, 4.69) is 178 Å². The van der Waals surface area contributed by atoms with Gasteiger partial charge in [-0.25, -0.2) is 0 Å². The monoisotopic (exact) mass is 586 g/mol. The second-order valence-electron chi connectivity index (χ2n) is 12.9. The summed E-state index contributed by atoms with van der Waals surface area (Å²) in [4.78, 5) is 5.07. The number of anilines is 4. The quantitative estimate of drug-likeness (QED) is 0.144. The van der Waals surface area contributed by atoms with E-state index < -0.39 is 0 Å². The van der Waals surface area contributed by atoms with Crippen LogP contribution < -0.4 is 9.80 Å². The second kappa shape index (κ2) is 11.9. The van der Waals surface area contributed by atoms with Crippen LogP contribution in [0.1, 0.15) is 38.3 Å². The predicted molar refractivity (Wildman–Crippen MR) is 195 cm³/mol. The summed E-state index contributed by atoms with van der Waals surface area (Å²) >= 11 is 0. The fourth-order valence-electron chi connectivity index (χ4n) is 6.83. The predicted octanol–water partition coefficient (Wildman–Crippen LogP) is 11.9. The van der Waals surface area contributed by atoms with Crippen molar-refractivity contribution in [1.29, 1.82) is 0 Å². The van der Waals surface area contributed by atoms with Gasteiger partial charge in [0, 0.05) is 38.6 Å². The fraction of sp³-hybridized carbons (Fsp3) is 0.209. The number of aryl methyl sites for hydroxylation is 2. The fourth-order valence-corrected chi connectivity index (χ4v) is 6.83. The lowest BCUT2D eigenvalue weighted by Gasteiger charge is -2.38. The highest BCUT2D eigenvalue weighted by molar-refractivity contribution is 6.22. The van der Waals surface area contributed by atoms with Crippen molar-refractivity contribution in [2.75, 3.05) is 9.80 Å². The van der Waals surface area contributed by atoms with Gasteiger partial charge in [-0.3, -0.25) is 0 Å². The van der Waals surface area contributed by atoms with Crippen molar-refractivity contribution in [3.63, 3.8) is 0 Å². The zero-order valence-electron chi connectivity index (χ0n) is 27.0. The smallest absolute Gasteiger partial charge is 0.0619 e. The SMILES string of the molecule is CC1=CCC(N(C2=CC(C)C(C)C=C2)c2c3ccccc3c(N(c3ccc(C)cc3)c3ccc(C)cc3)c3ccccc23)C=C1. The average Bonchev–Trinajstić information content (AvgIpc) is 3.06. The number of hydrogen-bond donors (Lipinski definition) is 0. The molecule has 0 heterocycles. The lowest BCUT2D eigenvalue weighted by Crippen LogP contribution is -2.35. The van der Waals surface area contributed by atoms with Gasteiger partial charge in [0.1, 0.15) is 0 Å². The summed E-state index contributed by atoms with van der Waals surface area (Å²) in [5.41, 5.74) is 9.91. The standard InChI is InChI=1S/C43H42N2/c1-29-14-21-34(22-15-29)44(35-23-16-30(2)17-24-35)42-38-10-6-8-12-40(38)43(41-13-9-7-11-39(41)42)45(36-25-18-31(3)19-26-36)37-27-20-32(4)33(5)28-37/h6-25,27-28,32-33,36H,26H2,1-5H3. The zero-order valence-corrected chi connectivity index (χ0v) is 27.0. The third kappa shape index (κ3) is 5.40. The maximum Gasteiger partial charge on any atom is 0.0619 e. The molecule has 5 aromatic carbocycles. The minimum absolute atomic E-state index is 0.216. The van der Waals surface area contributed by atoms with E-state index in [1.165, 1.54) is 55.3 Å². The molecular formula is C43H42N2. The molecular weight excluding hydrogens is 544 g/mol. The molecule has 2 nitrogen and oxygen atoms in total. The summed E-state index contributed by atoms with van der Waals surface area (Å²) in [5.74, 6) is 0.987. The molecule has 3 unspecified atom stereocenters. The molecule has 0 fully saturated rings. The van der Waals surface area contributed by atoms with E-state index in [1.54, 1.807) is 0 Å². The lowest BCUT2D eigenvalue weighted by molar-refractivity contribution is 0.544. The Bertz CT molecular complexity index is 1890. The van der Waals surface area contributed by atoms with Crippen molar-refractivity contribution in [3.8, 4) is 0 Å². The molecule has 0 saturated heterocycles. The van der Waals surface area contributed by atoms with Crippen molar-refractivity contribution in [3.05, 3.63) is 156 Å². The molecule has 45 heavy (non-hydrogen) atoms. The van der Waals surface area contributed by atoms with E-state index >= 15 is 0 Å². The Hall–Kier alpha value is -4.82. The highest BCUT2D eigenvalue weighted by Crippen LogP contribution is 2.49. The molecule has 3 atom stereocenters. The highest BCUT2D eigenvalue weighted by atomic mass is 15.2. The van der Waals surface area contributed by atoms with Gasteiger partial charge in [-0.15, -0.1) is 0 Å². The minimum Gasteiger partial charge on any atom is -0.333 e. The Labute approximate surface area is 268 Å². The van der Waals surface area contributed by atoms with E-state index in [1.807, 2.05) is 0 Å². The number of nitrogens with zero attached hydrogens (tertiary/aromatic N) is 2. The van der Waals surface area contributed by atoms with Crippen LogP contribution in [0.3, 0.4) is 0 Å². The summed E-state index contributed by atoms with van der Waals surface area (Å²) in [5, 5.41) is 5.00. The van der Waals surface area contributed by atoms with Gasteiger partial charge < -0.3 is 9.80 Å². The number of allylic oxidation sites excluding steroid dienone is 5. The Morgan fingerprint density at radius 3 is 1.53 bits per heavy atom. The molecule has 2 aliphatic carbocycles. The van der Waals surface area contributed by atoms with E-state index in [4.69, 9.17) is 0 Å². The second-order valence-corrected chi connectivity index (χ2v) is 12.9. The molecule has 2 heteroatoms. The third-order valence-corrected chi connectivity index (χ3v) is 9.63. The van der Waals surface area contributed by atoms with Crippen LogP contribution in [0.5, 0.6) is 0 Å². The maximum atomic E-state index is 2.62. The molecule has 0 amide bonds. The highest BCUT2D eigenvalue weighted by Gasteiger charge is 2.29. The molecule has 0 saturated carbocycles. The molecule has 0 spiro atoms. The van der Waals surface area contributed by atoms with Crippen LogP contribution in [-0.2, 0) is 0 Å². The average molecular weight is 587 g/mol. The van der Waals surface area contributed by atoms with Gasteiger partial charge in [-0.05, 0) is 69.4 Å². The first-order chi connectivity index (χ1) is 21.9. The van der Waals surface area contributed by atoms with Gasteiger partial charge in [0.05, 0.1) is 17.4 Å². The van der Waals surface area contributed by atoms with Crippen molar-refractivity contribution in [1.82, 2.24) is 0 Å². The topological polar surface area (TPSA) is 6.48 Å². The number of fused-ring (bicyclic) bond motifs is 2. The van der Waals surface area contributed by atoms with Crippen molar-refractivity contribution < 1.29 is 0 Å². The van der Waals surface area contributed by atoms with Crippen LogP contribution >= 0.6 is 0 Å². The lowest BCUT2D eigenvalue weighted by atomic mass is 9.88. The number of rotatable bonds is 6. The molecule has 0 aliphatic heterocycles. The van der Waals surface area contributed by atoms with Crippen LogP contribution in [0, 0.1) is 25.7 Å². The molecule has 7 rings (SSSR count). The first-order valence-electron chi connectivity index (χ1n) is 16.3.